The van der Waals surface area contributed by atoms with Crippen molar-refractivity contribution >= 4 is 13.7 Å². The van der Waals surface area contributed by atoms with Crippen LogP contribution in [0.5, 0.6) is 0 Å². The van der Waals surface area contributed by atoms with Crippen LogP contribution in [0.15, 0.2) is 109 Å². The molecule has 0 fully saturated rings. The number of nitrogens with one attached hydrogen (secondary N) is 1. The number of aliphatic hydroxyl groups is 1. The summed E-state index contributed by atoms with van der Waals surface area (Å²) in [4.78, 5) is 23.2. The van der Waals surface area contributed by atoms with Gasteiger partial charge in [0.25, 0.3) is 0 Å². The van der Waals surface area contributed by atoms with Gasteiger partial charge in [-0.25, -0.2) is 4.57 Å². The van der Waals surface area contributed by atoms with E-state index in [-0.39, 0.29) is 19.1 Å². The van der Waals surface area contributed by atoms with Crippen LogP contribution >= 0.6 is 7.82 Å². The molecule has 3 unspecified atom stereocenters. The predicted molar refractivity (Wildman–Crippen MR) is 299 cm³/mol. The molecule has 8 nitrogen and oxygen atoms in total. The first-order valence-electron chi connectivity index (χ1n) is 27.8. The molecule has 0 aliphatic rings. The highest BCUT2D eigenvalue weighted by Crippen LogP contribution is 2.43. The number of hydrogen-bond acceptors (Lipinski definition) is 5. The van der Waals surface area contributed by atoms with Crippen LogP contribution in [0.25, 0.3) is 0 Å². The lowest BCUT2D eigenvalue weighted by Gasteiger charge is -2.25. The predicted octanol–water partition coefficient (Wildman–Crippen LogP) is 16.8. The minimum atomic E-state index is -4.35. The van der Waals surface area contributed by atoms with Crippen LogP contribution in [0.2, 0.25) is 0 Å². The maximum atomic E-state index is 13.0. The molecule has 3 atom stereocenters. The summed E-state index contributed by atoms with van der Waals surface area (Å²) in [6.45, 7) is 4.68. The Morgan fingerprint density at radius 1 is 0.507 bits per heavy atom. The van der Waals surface area contributed by atoms with Crippen molar-refractivity contribution in [3.63, 3.8) is 0 Å². The lowest BCUT2D eigenvalue weighted by Crippen LogP contribution is -2.45. The summed E-state index contributed by atoms with van der Waals surface area (Å²) in [6.07, 6.45) is 73.2. The molecular formula is C60H106N2O6P+. The van der Waals surface area contributed by atoms with Crippen LogP contribution in [0.4, 0.5) is 0 Å². The number of nitrogens with zero attached hydrogens (tertiary/aromatic N) is 1. The Hall–Kier alpha value is -2.84. The molecule has 9 heteroatoms. The highest BCUT2D eigenvalue weighted by molar-refractivity contribution is 7.47. The van der Waals surface area contributed by atoms with E-state index in [0.29, 0.717) is 17.4 Å². The van der Waals surface area contributed by atoms with E-state index in [4.69, 9.17) is 9.05 Å². The molecule has 0 spiro atoms. The third-order valence-electron chi connectivity index (χ3n) is 11.7. The molecule has 0 saturated carbocycles. The Bertz CT molecular complexity index is 1490. The third kappa shape index (κ3) is 52.8. The maximum Gasteiger partial charge on any atom is 0.472 e. The standard InChI is InChI=1S/C60H105N2O6P/c1-6-8-10-12-14-16-18-20-22-23-24-25-26-27-28-29-30-31-32-33-34-35-36-37-38-39-40-42-44-46-48-50-52-54-60(64)61-58(57-68-69(65,66)67-56-55-62(3,4)5)59(63)53-51-49-47-45-43-41-21-19-17-15-13-11-9-7-2/h8,10,14,16,20,22,24-25,27-28,30-31,33-34,36-37,51,53,58-59,63H,6-7,9,11-13,15,17-19,21,23,26,29,32,35,38-50,52,54-57H2,1-5H3,(H-,61,64,65,66)/p+1/b10-8-,16-14-,22-20-,25-24-,28-27-,31-30-,34-33-,37-36-,53-51+. The molecule has 0 aromatic heterocycles. The van der Waals surface area contributed by atoms with Gasteiger partial charge in [0.15, 0.2) is 0 Å². The molecule has 0 aromatic rings. The number of carbonyl (C=O) groups excluding carboxylic acids is 1. The molecule has 0 heterocycles. The minimum Gasteiger partial charge on any atom is -0.387 e. The molecule has 0 aromatic carbocycles. The Labute approximate surface area is 425 Å². The first kappa shape index (κ1) is 66.2. The Kier molecular flexibility index (Phi) is 48.1. The lowest BCUT2D eigenvalue weighted by atomic mass is 10.0. The largest absolute Gasteiger partial charge is 0.472 e. The third-order valence-corrected chi connectivity index (χ3v) is 12.7. The first-order valence-corrected chi connectivity index (χ1v) is 29.3. The van der Waals surface area contributed by atoms with E-state index in [1.165, 1.54) is 89.9 Å². The van der Waals surface area contributed by atoms with E-state index < -0.39 is 20.0 Å². The van der Waals surface area contributed by atoms with Gasteiger partial charge in [-0.1, -0.05) is 232 Å². The van der Waals surface area contributed by atoms with E-state index >= 15 is 0 Å². The Morgan fingerprint density at radius 3 is 1.28 bits per heavy atom. The topological polar surface area (TPSA) is 105 Å². The van der Waals surface area contributed by atoms with Gasteiger partial charge >= 0.3 is 7.82 Å². The van der Waals surface area contributed by atoms with Gasteiger partial charge in [-0.15, -0.1) is 0 Å². The number of rotatable bonds is 49. The SMILES string of the molecule is CC/C=C\C/C=C\C/C=C\C/C=C\C/C=C\C/C=C\C/C=C\C/C=C\CCCCCCCCCCC(=O)NC(COP(=O)(O)OCC[N+](C)(C)C)C(O)/C=C/CCCCCCCCCCCCCC. The van der Waals surface area contributed by atoms with Crippen molar-refractivity contribution in [3.8, 4) is 0 Å². The second kappa shape index (κ2) is 50.1. The summed E-state index contributed by atoms with van der Waals surface area (Å²) >= 11 is 0. The van der Waals surface area contributed by atoms with Crippen molar-refractivity contribution in [2.45, 2.75) is 225 Å². The molecule has 0 radical (unpaired) electrons. The lowest BCUT2D eigenvalue weighted by molar-refractivity contribution is -0.870. The number of carbonyl (C=O) groups is 1. The first-order chi connectivity index (χ1) is 33.5. The van der Waals surface area contributed by atoms with Crippen LogP contribution in [0.1, 0.15) is 213 Å². The van der Waals surface area contributed by atoms with E-state index in [1.807, 2.05) is 27.2 Å². The highest BCUT2D eigenvalue weighted by atomic mass is 31.2. The van der Waals surface area contributed by atoms with E-state index in [0.717, 1.165) is 103 Å². The van der Waals surface area contributed by atoms with Crippen molar-refractivity contribution < 1.29 is 32.9 Å². The number of phosphoric acid groups is 1. The summed E-state index contributed by atoms with van der Waals surface area (Å²) in [5.41, 5.74) is 0. The number of phosphoric ester groups is 1. The zero-order chi connectivity index (χ0) is 50.6. The van der Waals surface area contributed by atoms with E-state index in [2.05, 4.69) is 116 Å². The van der Waals surface area contributed by atoms with Crippen molar-refractivity contribution in [3.05, 3.63) is 109 Å². The van der Waals surface area contributed by atoms with Gasteiger partial charge in [0.05, 0.1) is 39.9 Å². The monoisotopic (exact) mass is 982 g/mol. The molecule has 0 saturated heterocycles. The zero-order valence-corrected chi connectivity index (χ0v) is 45.9. The van der Waals surface area contributed by atoms with Gasteiger partial charge in [-0.2, -0.15) is 0 Å². The number of amides is 1. The average Bonchev–Trinajstić information content (AvgIpc) is 3.31. The molecule has 1 amide bonds. The van der Waals surface area contributed by atoms with Crippen LogP contribution in [0, 0.1) is 0 Å². The van der Waals surface area contributed by atoms with Crippen LogP contribution in [-0.2, 0) is 18.4 Å². The van der Waals surface area contributed by atoms with Gasteiger partial charge in [-0.05, 0) is 83.5 Å². The quantitative estimate of drug-likeness (QED) is 0.0243. The number of hydrogen-bond donors (Lipinski definition) is 3. The molecule has 3 N–H and O–H groups in total. The summed E-state index contributed by atoms with van der Waals surface area (Å²) in [5, 5.41) is 13.9. The number of aliphatic hydroxyl groups excluding tert-OH is 1. The summed E-state index contributed by atoms with van der Waals surface area (Å²) in [7, 11) is 1.55. The van der Waals surface area contributed by atoms with Crippen LogP contribution in [0.3, 0.4) is 0 Å². The van der Waals surface area contributed by atoms with Crippen LogP contribution in [-0.4, -0.2) is 73.4 Å². The van der Waals surface area contributed by atoms with Crippen LogP contribution < -0.4 is 5.32 Å². The van der Waals surface area contributed by atoms with Crippen molar-refractivity contribution in [1.29, 1.82) is 0 Å². The number of likely N-dealkylation sites (N-methyl/N-ethyl adjacent to an activating group) is 1. The molecule has 0 bridgehead atoms. The van der Waals surface area contributed by atoms with Gasteiger partial charge in [0, 0.05) is 6.42 Å². The summed E-state index contributed by atoms with van der Waals surface area (Å²) < 4.78 is 23.6. The Morgan fingerprint density at radius 2 is 0.870 bits per heavy atom. The molecule has 0 aliphatic carbocycles. The second-order valence-corrected chi connectivity index (χ2v) is 21.0. The molecule has 0 rings (SSSR count). The zero-order valence-electron chi connectivity index (χ0n) is 45.0. The second-order valence-electron chi connectivity index (χ2n) is 19.6. The average molecular weight is 982 g/mol. The van der Waals surface area contributed by atoms with Gasteiger partial charge in [-0.3, -0.25) is 13.8 Å². The maximum absolute atomic E-state index is 13.0. The molecule has 396 valence electrons. The van der Waals surface area contributed by atoms with Crippen molar-refractivity contribution in [2.75, 3.05) is 40.9 Å². The highest BCUT2D eigenvalue weighted by Gasteiger charge is 2.27. The van der Waals surface area contributed by atoms with E-state index in [9.17, 15) is 19.4 Å². The molecular weight excluding hydrogens is 876 g/mol. The smallest absolute Gasteiger partial charge is 0.387 e. The summed E-state index contributed by atoms with van der Waals surface area (Å²) in [5.74, 6) is -0.191. The molecule has 0 aliphatic heterocycles. The van der Waals surface area contributed by atoms with Gasteiger partial charge in [0.1, 0.15) is 13.2 Å². The normalized spacial score (nSPS) is 14.8. The fraction of sp³-hybridized carbons (Fsp3) is 0.683. The number of quaternary nitrogens is 1. The van der Waals surface area contributed by atoms with E-state index in [1.54, 1.807) is 6.08 Å². The summed E-state index contributed by atoms with van der Waals surface area (Å²) in [6, 6.07) is -0.858. The fourth-order valence-electron chi connectivity index (χ4n) is 7.41. The number of allylic oxidation sites excluding steroid dienone is 17. The van der Waals surface area contributed by atoms with Crippen molar-refractivity contribution in [2.24, 2.45) is 0 Å². The minimum absolute atomic E-state index is 0.0545. The number of unbranched alkanes of at least 4 members (excludes halogenated alkanes) is 20. The van der Waals surface area contributed by atoms with Gasteiger partial charge < -0.3 is 19.8 Å². The van der Waals surface area contributed by atoms with Crippen molar-refractivity contribution in [1.82, 2.24) is 5.32 Å². The Balaban J connectivity index is 4.21. The molecule has 69 heavy (non-hydrogen) atoms. The van der Waals surface area contributed by atoms with Gasteiger partial charge in [0.2, 0.25) is 5.91 Å². The fourth-order valence-corrected chi connectivity index (χ4v) is 8.15.